The van der Waals surface area contributed by atoms with E-state index in [-0.39, 0.29) is 30.6 Å². The highest BCUT2D eigenvalue weighted by molar-refractivity contribution is 5.35. The first-order valence-electron chi connectivity index (χ1n) is 7.30. The summed E-state index contributed by atoms with van der Waals surface area (Å²) in [6, 6.07) is 1.38. The van der Waals surface area contributed by atoms with E-state index in [2.05, 4.69) is 4.98 Å². The number of aliphatic hydroxyl groups is 1. The van der Waals surface area contributed by atoms with Gasteiger partial charge in [0.05, 0.1) is 6.10 Å². The van der Waals surface area contributed by atoms with Crippen LogP contribution in [0, 0.1) is 5.92 Å². The van der Waals surface area contributed by atoms with E-state index in [1.165, 1.54) is 6.20 Å². The average molecular weight is 298 g/mol. The van der Waals surface area contributed by atoms with Gasteiger partial charge in [0.15, 0.2) is 0 Å². The molecule has 2 heterocycles. The molecular weight excluding hydrogens is 278 g/mol. The second-order valence-corrected chi connectivity index (χ2v) is 6.29. The molecule has 2 aliphatic rings. The first-order valence-corrected chi connectivity index (χ1v) is 7.30. The quantitative estimate of drug-likeness (QED) is 0.897. The molecular formula is C15H20F2N2O2. The highest BCUT2D eigenvalue weighted by Crippen LogP contribution is 2.41. The molecule has 0 amide bonds. The lowest BCUT2D eigenvalue weighted by Crippen LogP contribution is -2.46. The van der Waals surface area contributed by atoms with Crippen LogP contribution in [0.25, 0.3) is 0 Å². The number of halogens is 2. The molecule has 3 rings (SSSR count). The maximum atomic E-state index is 13.1. The Morgan fingerprint density at radius 3 is 2.81 bits per heavy atom. The van der Waals surface area contributed by atoms with Crippen LogP contribution in [0.5, 0.6) is 5.88 Å². The molecule has 1 fully saturated rings. The molecule has 0 bridgehead atoms. The van der Waals surface area contributed by atoms with Gasteiger partial charge in [-0.05, 0) is 31.4 Å². The van der Waals surface area contributed by atoms with Crippen molar-refractivity contribution in [1.29, 1.82) is 0 Å². The number of hydrogen-bond acceptors (Lipinski definition) is 4. The SMILES string of the molecule is CC(F)(F)Cc1cnc2c(c1)C(N)C[C@@H]([C@H]1CC[C@@H]1O)O2. The Kier molecular flexibility index (Phi) is 3.61. The van der Waals surface area contributed by atoms with E-state index >= 15 is 0 Å². The number of alkyl halides is 2. The summed E-state index contributed by atoms with van der Waals surface area (Å²) in [5.74, 6) is -2.25. The minimum absolute atomic E-state index is 0.102. The van der Waals surface area contributed by atoms with Crippen molar-refractivity contribution in [2.24, 2.45) is 11.7 Å². The van der Waals surface area contributed by atoms with Crippen molar-refractivity contribution >= 4 is 0 Å². The van der Waals surface area contributed by atoms with E-state index < -0.39 is 5.92 Å². The lowest BCUT2D eigenvalue weighted by atomic mass is 9.75. The summed E-state index contributed by atoms with van der Waals surface area (Å²) in [4.78, 5) is 4.15. The van der Waals surface area contributed by atoms with E-state index in [1.54, 1.807) is 6.07 Å². The molecule has 1 aliphatic heterocycles. The summed E-state index contributed by atoms with van der Waals surface area (Å²) in [5, 5.41) is 9.74. The lowest BCUT2D eigenvalue weighted by Gasteiger charge is -2.41. The Labute approximate surface area is 122 Å². The molecule has 1 aromatic rings. The molecule has 116 valence electrons. The van der Waals surface area contributed by atoms with Crippen molar-refractivity contribution in [3.05, 3.63) is 23.4 Å². The van der Waals surface area contributed by atoms with Gasteiger partial charge in [-0.25, -0.2) is 13.8 Å². The smallest absolute Gasteiger partial charge is 0.249 e. The number of rotatable bonds is 3. The third kappa shape index (κ3) is 3.01. The van der Waals surface area contributed by atoms with Gasteiger partial charge in [-0.15, -0.1) is 0 Å². The van der Waals surface area contributed by atoms with Gasteiger partial charge in [0.1, 0.15) is 6.10 Å². The largest absolute Gasteiger partial charge is 0.474 e. The van der Waals surface area contributed by atoms with Crippen molar-refractivity contribution in [3.63, 3.8) is 0 Å². The van der Waals surface area contributed by atoms with Crippen molar-refractivity contribution in [2.75, 3.05) is 0 Å². The zero-order valence-corrected chi connectivity index (χ0v) is 11.9. The van der Waals surface area contributed by atoms with E-state index in [1.807, 2.05) is 0 Å². The van der Waals surface area contributed by atoms with Gasteiger partial charge in [-0.2, -0.15) is 0 Å². The third-order valence-corrected chi connectivity index (χ3v) is 4.37. The second-order valence-electron chi connectivity index (χ2n) is 6.29. The summed E-state index contributed by atoms with van der Waals surface area (Å²) >= 11 is 0. The Morgan fingerprint density at radius 2 is 2.24 bits per heavy atom. The normalized spacial score (nSPS) is 32.0. The number of pyridine rings is 1. The highest BCUT2D eigenvalue weighted by atomic mass is 19.3. The average Bonchev–Trinajstić information content (AvgIpc) is 2.36. The third-order valence-electron chi connectivity index (χ3n) is 4.37. The summed E-state index contributed by atoms with van der Waals surface area (Å²) in [5.41, 5.74) is 7.29. The van der Waals surface area contributed by atoms with Crippen LogP contribution in [0.1, 0.15) is 43.4 Å². The molecule has 1 aromatic heterocycles. The molecule has 1 unspecified atom stereocenters. The summed E-state index contributed by atoms with van der Waals surface area (Å²) in [6.07, 6.45) is 2.90. The zero-order valence-electron chi connectivity index (χ0n) is 11.9. The number of fused-ring (bicyclic) bond motifs is 1. The molecule has 0 saturated heterocycles. The molecule has 4 nitrogen and oxygen atoms in total. The van der Waals surface area contributed by atoms with Crippen LogP contribution in [0.4, 0.5) is 8.78 Å². The van der Waals surface area contributed by atoms with Crippen LogP contribution in [-0.2, 0) is 6.42 Å². The van der Waals surface area contributed by atoms with Crippen molar-refractivity contribution in [2.45, 2.75) is 56.8 Å². The van der Waals surface area contributed by atoms with Gasteiger partial charge in [0.25, 0.3) is 0 Å². The van der Waals surface area contributed by atoms with Gasteiger partial charge >= 0.3 is 0 Å². The van der Waals surface area contributed by atoms with E-state index in [0.717, 1.165) is 19.8 Å². The fourth-order valence-corrected chi connectivity index (χ4v) is 3.11. The van der Waals surface area contributed by atoms with Crippen LogP contribution in [0.2, 0.25) is 0 Å². The predicted molar refractivity (Wildman–Crippen MR) is 73.3 cm³/mol. The molecule has 0 aromatic carbocycles. The lowest BCUT2D eigenvalue weighted by molar-refractivity contribution is -0.0521. The van der Waals surface area contributed by atoms with Gasteiger partial charge in [0.2, 0.25) is 11.8 Å². The second kappa shape index (κ2) is 5.18. The standard InChI is InChI=1S/C15H20F2N2O2/c1-15(16,17)6-8-4-10-11(18)5-13(9-2-3-12(9)20)21-14(10)19-7-8/h4,7,9,11-13,20H,2-3,5-6,18H2,1H3/t9-,11?,12-,13-/m0/s1. The Morgan fingerprint density at radius 1 is 1.48 bits per heavy atom. The Balaban J connectivity index is 1.79. The Bertz CT molecular complexity index is 533. The Hall–Kier alpha value is -1.27. The number of nitrogens with two attached hydrogens (primary N) is 1. The fourth-order valence-electron chi connectivity index (χ4n) is 3.11. The fraction of sp³-hybridized carbons (Fsp3) is 0.667. The summed E-state index contributed by atoms with van der Waals surface area (Å²) in [6.45, 7) is 0.886. The highest BCUT2D eigenvalue weighted by Gasteiger charge is 2.41. The van der Waals surface area contributed by atoms with E-state index in [9.17, 15) is 13.9 Å². The molecule has 3 N–H and O–H groups in total. The van der Waals surface area contributed by atoms with Crippen molar-refractivity contribution in [3.8, 4) is 5.88 Å². The van der Waals surface area contributed by atoms with Crippen molar-refractivity contribution < 1.29 is 18.6 Å². The van der Waals surface area contributed by atoms with Crippen LogP contribution in [0.15, 0.2) is 12.3 Å². The molecule has 0 spiro atoms. The minimum atomic E-state index is -2.77. The van der Waals surface area contributed by atoms with Crippen molar-refractivity contribution in [1.82, 2.24) is 4.98 Å². The first kappa shape index (κ1) is 14.7. The topological polar surface area (TPSA) is 68.4 Å². The van der Waals surface area contributed by atoms with E-state index in [0.29, 0.717) is 23.4 Å². The maximum absolute atomic E-state index is 13.1. The van der Waals surface area contributed by atoms with Gasteiger partial charge < -0.3 is 15.6 Å². The van der Waals surface area contributed by atoms with Crippen LogP contribution < -0.4 is 10.5 Å². The number of nitrogens with zero attached hydrogens (tertiary/aromatic N) is 1. The number of hydrogen-bond donors (Lipinski definition) is 2. The first-order chi connectivity index (χ1) is 9.83. The van der Waals surface area contributed by atoms with Crippen LogP contribution in [0.3, 0.4) is 0 Å². The van der Waals surface area contributed by atoms with Crippen LogP contribution >= 0.6 is 0 Å². The van der Waals surface area contributed by atoms with Gasteiger partial charge in [0, 0.05) is 36.6 Å². The predicted octanol–water partition coefficient (Wildman–Crippen LogP) is 2.20. The number of aromatic nitrogens is 1. The maximum Gasteiger partial charge on any atom is 0.249 e. The molecule has 4 atom stereocenters. The number of aliphatic hydroxyl groups excluding tert-OH is 1. The molecule has 6 heteroatoms. The minimum Gasteiger partial charge on any atom is -0.474 e. The monoisotopic (exact) mass is 298 g/mol. The van der Waals surface area contributed by atoms with Gasteiger partial charge in [-0.1, -0.05) is 0 Å². The summed E-state index contributed by atoms with van der Waals surface area (Å²) < 4.78 is 32.0. The summed E-state index contributed by atoms with van der Waals surface area (Å²) in [7, 11) is 0. The zero-order chi connectivity index (χ0) is 15.2. The molecule has 1 aliphatic carbocycles. The van der Waals surface area contributed by atoms with E-state index in [4.69, 9.17) is 10.5 Å². The van der Waals surface area contributed by atoms with Crippen LogP contribution in [-0.4, -0.2) is 28.2 Å². The molecule has 21 heavy (non-hydrogen) atoms. The van der Waals surface area contributed by atoms with Gasteiger partial charge in [-0.3, -0.25) is 0 Å². The molecule has 0 radical (unpaired) electrons. The number of ether oxygens (including phenoxy) is 1. The molecule has 1 saturated carbocycles.